The quantitative estimate of drug-likeness (QED) is 0.906. The van der Waals surface area contributed by atoms with Gasteiger partial charge in [0, 0.05) is 16.2 Å². The zero-order valence-corrected chi connectivity index (χ0v) is 10.0. The minimum Gasteiger partial charge on any atom is -0.497 e. The number of hydrogen-bond acceptors (Lipinski definition) is 2. The standard InChI is InChI=1S/C15H17NO2/c1-11(17)16-9-8-13-5-3-4-12-6-7-14(18-2)10-15(12)13/h3-7,10H,8-9H2,1-2H3,(H,16,17)/i3D,4D,5D,6D,7D,8D2,10D. The Morgan fingerprint density at radius 3 is 3.00 bits per heavy atom. The molecule has 0 fully saturated rings. The lowest BCUT2D eigenvalue weighted by Gasteiger charge is -2.08. The fourth-order valence-corrected chi connectivity index (χ4v) is 1.38. The van der Waals surface area contributed by atoms with Gasteiger partial charge in [-0.25, -0.2) is 0 Å². The lowest BCUT2D eigenvalue weighted by Crippen LogP contribution is -2.22. The van der Waals surface area contributed by atoms with Gasteiger partial charge in [-0.05, 0) is 34.8 Å². The number of amides is 1. The van der Waals surface area contributed by atoms with Crippen LogP contribution in [0.5, 0.6) is 5.75 Å². The van der Waals surface area contributed by atoms with Gasteiger partial charge in [-0.3, -0.25) is 4.79 Å². The van der Waals surface area contributed by atoms with E-state index in [0.29, 0.717) is 0 Å². The summed E-state index contributed by atoms with van der Waals surface area (Å²) >= 11 is 0. The maximum absolute atomic E-state index is 11.2. The molecule has 2 aromatic rings. The number of ether oxygens (including phenoxy) is 1. The third-order valence-corrected chi connectivity index (χ3v) is 2.22. The number of benzene rings is 2. The Kier molecular flexibility index (Phi) is 1.77. The number of methoxy groups -OCH3 is 1. The van der Waals surface area contributed by atoms with Crippen LogP contribution in [0.4, 0.5) is 0 Å². The molecule has 0 spiro atoms. The molecule has 0 unspecified atom stereocenters. The average molecular weight is 251 g/mol. The molecule has 0 saturated carbocycles. The first kappa shape index (κ1) is 5.74. The summed E-state index contributed by atoms with van der Waals surface area (Å²) in [5, 5.41) is 1.81. The zero-order chi connectivity index (χ0) is 20.0. The van der Waals surface area contributed by atoms with E-state index in [0.717, 1.165) is 0 Å². The Bertz CT molecular complexity index is 913. The van der Waals surface area contributed by atoms with Crippen LogP contribution in [0.2, 0.25) is 0 Å². The summed E-state index contributed by atoms with van der Waals surface area (Å²) in [5.41, 5.74) is -0.390. The van der Waals surface area contributed by atoms with Gasteiger partial charge in [0.25, 0.3) is 0 Å². The van der Waals surface area contributed by atoms with Crippen molar-refractivity contribution in [2.24, 2.45) is 0 Å². The molecule has 1 amide bonds. The Balaban J connectivity index is 3.03. The topological polar surface area (TPSA) is 38.3 Å². The molecule has 0 saturated heterocycles. The fraction of sp³-hybridized carbons (Fsp3) is 0.267. The van der Waals surface area contributed by atoms with E-state index >= 15 is 0 Å². The van der Waals surface area contributed by atoms with Crippen LogP contribution in [0.1, 0.15) is 23.5 Å². The third kappa shape index (κ3) is 2.80. The van der Waals surface area contributed by atoms with E-state index in [4.69, 9.17) is 15.7 Å². The van der Waals surface area contributed by atoms with Crippen LogP contribution in [0, 0.1) is 0 Å². The largest absolute Gasteiger partial charge is 0.497 e. The highest BCUT2D eigenvalue weighted by molar-refractivity contribution is 5.87. The lowest BCUT2D eigenvalue weighted by molar-refractivity contribution is -0.118. The van der Waals surface area contributed by atoms with Crippen molar-refractivity contribution >= 4 is 16.7 Å². The molecule has 0 atom stereocenters. The SMILES string of the molecule is [2H]c1c([2H])c(C([2H])([2H])CNC(C)=O)c2c([2H])c(OC)c([2H])c([2H])c2c1[2H]. The van der Waals surface area contributed by atoms with Crippen LogP contribution in [-0.2, 0) is 11.2 Å². The molecular weight excluding hydrogens is 226 g/mol. The average Bonchev–Trinajstić information content (AvgIpc) is 2.56. The van der Waals surface area contributed by atoms with Gasteiger partial charge < -0.3 is 10.1 Å². The van der Waals surface area contributed by atoms with Gasteiger partial charge in [0.15, 0.2) is 0 Å². The Labute approximate surface area is 118 Å². The highest BCUT2D eigenvalue weighted by Gasteiger charge is 2.03. The van der Waals surface area contributed by atoms with Gasteiger partial charge in [0.2, 0.25) is 5.91 Å². The Morgan fingerprint density at radius 2 is 2.28 bits per heavy atom. The number of nitrogens with one attached hydrogen (secondary N) is 1. The van der Waals surface area contributed by atoms with E-state index < -0.39 is 55.1 Å². The summed E-state index contributed by atoms with van der Waals surface area (Å²) in [6.07, 6.45) is -2.35. The number of hydrogen-bond donors (Lipinski definition) is 1. The molecule has 0 radical (unpaired) electrons. The first-order valence-corrected chi connectivity index (χ1v) is 5.27. The minimum absolute atomic E-state index is 0.232. The highest BCUT2D eigenvalue weighted by atomic mass is 16.5. The minimum atomic E-state index is -2.35. The van der Waals surface area contributed by atoms with Crippen molar-refractivity contribution in [3.8, 4) is 5.75 Å². The fourth-order valence-electron chi connectivity index (χ4n) is 1.38. The molecule has 3 nitrogen and oxygen atoms in total. The van der Waals surface area contributed by atoms with E-state index in [-0.39, 0.29) is 22.1 Å². The molecular formula is C15H17NO2. The molecule has 0 aliphatic rings. The van der Waals surface area contributed by atoms with Gasteiger partial charge in [-0.1, -0.05) is 24.2 Å². The van der Waals surface area contributed by atoms with Crippen molar-refractivity contribution in [1.82, 2.24) is 5.32 Å². The lowest BCUT2D eigenvalue weighted by atomic mass is 10.0. The second-order valence-electron chi connectivity index (χ2n) is 3.49. The highest BCUT2D eigenvalue weighted by Crippen LogP contribution is 2.24. The van der Waals surface area contributed by atoms with Crippen LogP contribution in [0.25, 0.3) is 10.8 Å². The zero-order valence-electron chi connectivity index (χ0n) is 18.0. The van der Waals surface area contributed by atoms with Crippen LogP contribution >= 0.6 is 0 Å². The molecule has 2 aromatic carbocycles. The van der Waals surface area contributed by atoms with E-state index in [1.807, 2.05) is 0 Å². The van der Waals surface area contributed by atoms with Crippen LogP contribution in [0.15, 0.2) is 36.3 Å². The predicted octanol–water partition coefficient (Wildman–Crippen LogP) is 2.53. The van der Waals surface area contributed by atoms with Crippen molar-refractivity contribution in [3.63, 3.8) is 0 Å². The van der Waals surface area contributed by atoms with Crippen LogP contribution in [-0.4, -0.2) is 19.6 Å². The van der Waals surface area contributed by atoms with Gasteiger partial charge in [0.1, 0.15) is 5.75 Å². The van der Waals surface area contributed by atoms with E-state index in [2.05, 4.69) is 5.32 Å². The molecule has 0 bridgehead atoms. The van der Waals surface area contributed by atoms with Crippen LogP contribution in [0.3, 0.4) is 0 Å². The molecule has 0 aliphatic heterocycles. The third-order valence-electron chi connectivity index (χ3n) is 2.22. The molecule has 0 aromatic heterocycles. The summed E-state index contributed by atoms with van der Waals surface area (Å²) in [5.74, 6) is -0.776. The number of carbonyl (C=O) groups is 1. The molecule has 2 rings (SSSR count). The molecule has 3 heteroatoms. The summed E-state index contributed by atoms with van der Waals surface area (Å²) in [6.45, 7) is 0.684. The molecule has 94 valence electrons. The van der Waals surface area contributed by atoms with E-state index in [9.17, 15) is 4.79 Å². The van der Waals surface area contributed by atoms with Crippen molar-refractivity contribution in [3.05, 3.63) is 41.8 Å². The number of carbonyl (C=O) groups excluding carboxylic acids is 1. The first-order valence-electron chi connectivity index (χ1n) is 9.27. The normalized spacial score (nSPS) is 17.4. The predicted molar refractivity (Wildman–Crippen MR) is 72.9 cm³/mol. The van der Waals surface area contributed by atoms with Crippen molar-refractivity contribution < 1.29 is 20.5 Å². The molecule has 1 N–H and O–H groups in total. The van der Waals surface area contributed by atoms with Crippen LogP contribution < -0.4 is 10.1 Å². The Morgan fingerprint density at radius 1 is 1.44 bits per heavy atom. The Hall–Kier alpha value is -2.03. The maximum Gasteiger partial charge on any atom is 0.216 e. The summed E-state index contributed by atoms with van der Waals surface area (Å²) in [4.78, 5) is 11.2. The van der Waals surface area contributed by atoms with Gasteiger partial charge in [-0.15, -0.1) is 0 Å². The summed E-state index contributed by atoms with van der Waals surface area (Å²) in [6, 6.07) is -3.12. The maximum atomic E-state index is 11.2. The second-order valence-corrected chi connectivity index (χ2v) is 3.49. The molecule has 0 heterocycles. The van der Waals surface area contributed by atoms with Crippen molar-refractivity contribution in [2.75, 3.05) is 13.7 Å². The smallest absolute Gasteiger partial charge is 0.216 e. The van der Waals surface area contributed by atoms with Gasteiger partial charge in [-0.2, -0.15) is 0 Å². The number of rotatable bonds is 4. The molecule has 0 aliphatic carbocycles. The summed E-state index contributed by atoms with van der Waals surface area (Å²) in [7, 11) is 1.20. The van der Waals surface area contributed by atoms with E-state index in [1.54, 1.807) is 0 Å². The monoisotopic (exact) mass is 251 g/mol. The van der Waals surface area contributed by atoms with Crippen molar-refractivity contribution in [2.45, 2.75) is 13.3 Å². The second kappa shape index (κ2) is 5.54. The number of fused-ring (bicyclic) bond motifs is 1. The summed E-state index contributed by atoms with van der Waals surface area (Å²) < 4.78 is 69.9. The van der Waals surface area contributed by atoms with Crippen molar-refractivity contribution in [1.29, 1.82) is 0 Å². The van der Waals surface area contributed by atoms with Gasteiger partial charge in [0.05, 0.1) is 15.3 Å². The van der Waals surface area contributed by atoms with E-state index in [1.165, 1.54) is 14.0 Å². The molecule has 18 heavy (non-hydrogen) atoms. The first-order chi connectivity index (χ1) is 12.0. The van der Waals surface area contributed by atoms with Gasteiger partial charge >= 0.3 is 0 Å².